The maximum atomic E-state index is 12.3. The molecule has 2 N–H and O–H groups in total. The van der Waals surface area contributed by atoms with E-state index in [2.05, 4.69) is 0 Å². The SMILES string of the molecule is CN(C(=O)CCC1CCC(N)CC1)C1CCCCC1. The predicted octanol–water partition coefficient (Wildman–Crippen LogP) is 3.08. The van der Waals surface area contributed by atoms with E-state index in [0.29, 0.717) is 18.0 Å². The Morgan fingerprint density at radius 1 is 1.05 bits per heavy atom. The molecule has 0 heterocycles. The Hall–Kier alpha value is -0.570. The van der Waals surface area contributed by atoms with Crippen molar-refractivity contribution in [1.82, 2.24) is 4.90 Å². The minimum Gasteiger partial charge on any atom is -0.343 e. The third-order valence-corrected chi connectivity index (χ3v) is 5.17. The molecule has 3 heteroatoms. The third kappa shape index (κ3) is 4.48. The van der Waals surface area contributed by atoms with E-state index in [-0.39, 0.29) is 0 Å². The van der Waals surface area contributed by atoms with Gasteiger partial charge in [0.15, 0.2) is 0 Å². The molecule has 1 amide bonds. The number of carbonyl (C=O) groups excluding carboxylic acids is 1. The third-order valence-electron chi connectivity index (χ3n) is 5.17. The topological polar surface area (TPSA) is 46.3 Å². The highest BCUT2D eigenvalue weighted by atomic mass is 16.2. The van der Waals surface area contributed by atoms with Gasteiger partial charge in [-0.15, -0.1) is 0 Å². The molecule has 0 saturated heterocycles. The van der Waals surface area contributed by atoms with Gasteiger partial charge < -0.3 is 10.6 Å². The first-order chi connectivity index (χ1) is 9.16. The lowest BCUT2D eigenvalue weighted by Crippen LogP contribution is -2.38. The van der Waals surface area contributed by atoms with E-state index < -0.39 is 0 Å². The van der Waals surface area contributed by atoms with E-state index in [1.165, 1.54) is 44.9 Å². The van der Waals surface area contributed by atoms with Crippen molar-refractivity contribution in [3.8, 4) is 0 Å². The molecular formula is C16H30N2O. The number of amides is 1. The molecule has 2 rings (SSSR count). The van der Waals surface area contributed by atoms with Crippen LogP contribution in [0.1, 0.15) is 70.6 Å². The lowest BCUT2D eigenvalue weighted by molar-refractivity contribution is -0.132. The van der Waals surface area contributed by atoms with Crippen LogP contribution in [0.25, 0.3) is 0 Å². The molecule has 2 aliphatic rings. The number of nitrogens with two attached hydrogens (primary N) is 1. The lowest BCUT2D eigenvalue weighted by atomic mass is 9.83. The zero-order chi connectivity index (χ0) is 13.7. The van der Waals surface area contributed by atoms with Gasteiger partial charge in [-0.25, -0.2) is 0 Å². The van der Waals surface area contributed by atoms with Gasteiger partial charge in [-0.05, 0) is 50.9 Å². The van der Waals surface area contributed by atoms with E-state index in [9.17, 15) is 4.79 Å². The largest absolute Gasteiger partial charge is 0.343 e. The molecule has 0 aliphatic heterocycles. The summed E-state index contributed by atoms with van der Waals surface area (Å²) in [6.45, 7) is 0. The van der Waals surface area contributed by atoms with Crippen molar-refractivity contribution in [3.63, 3.8) is 0 Å². The Bertz CT molecular complexity index is 278. The smallest absolute Gasteiger partial charge is 0.222 e. The van der Waals surface area contributed by atoms with Gasteiger partial charge in [-0.3, -0.25) is 4.79 Å². The molecule has 0 aromatic carbocycles. The molecule has 3 nitrogen and oxygen atoms in total. The fourth-order valence-electron chi connectivity index (χ4n) is 3.65. The van der Waals surface area contributed by atoms with Crippen molar-refractivity contribution in [2.75, 3.05) is 7.05 Å². The Morgan fingerprint density at radius 2 is 1.68 bits per heavy atom. The fraction of sp³-hybridized carbons (Fsp3) is 0.938. The van der Waals surface area contributed by atoms with E-state index in [1.54, 1.807) is 0 Å². The molecule has 19 heavy (non-hydrogen) atoms. The molecule has 0 spiro atoms. The molecule has 0 radical (unpaired) electrons. The molecule has 0 atom stereocenters. The molecule has 0 bridgehead atoms. The van der Waals surface area contributed by atoms with Gasteiger partial charge >= 0.3 is 0 Å². The minimum atomic E-state index is 0.363. The van der Waals surface area contributed by atoms with Crippen LogP contribution < -0.4 is 5.73 Å². The molecule has 2 fully saturated rings. The van der Waals surface area contributed by atoms with Crippen LogP contribution >= 0.6 is 0 Å². The van der Waals surface area contributed by atoms with Crippen LogP contribution in [0.4, 0.5) is 0 Å². The molecule has 2 saturated carbocycles. The van der Waals surface area contributed by atoms with E-state index in [4.69, 9.17) is 5.73 Å². The molecular weight excluding hydrogens is 236 g/mol. The number of hydrogen-bond donors (Lipinski definition) is 1. The Labute approximate surface area is 117 Å². The Morgan fingerprint density at radius 3 is 2.32 bits per heavy atom. The van der Waals surface area contributed by atoms with Crippen molar-refractivity contribution >= 4 is 5.91 Å². The van der Waals surface area contributed by atoms with Gasteiger partial charge in [0.2, 0.25) is 5.91 Å². The van der Waals surface area contributed by atoms with E-state index in [0.717, 1.165) is 31.6 Å². The van der Waals surface area contributed by atoms with Crippen LogP contribution in [0.15, 0.2) is 0 Å². The van der Waals surface area contributed by atoms with Crippen LogP contribution in [0.2, 0.25) is 0 Å². The monoisotopic (exact) mass is 266 g/mol. The summed E-state index contributed by atoms with van der Waals surface area (Å²) in [4.78, 5) is 14.3. The first-order valence-electron chi connectivity index (χ1n) is 8.18. The zero-order valence-corrected chi connectivity index (χ0v) is 12.4. The number of hydrogen-bond acceptors (Lipinski definition) is 2. The van der Waals surface area contributed by atoms with Crippen LogP contribution in [-0.2, 0) is 4.79 Å². The van der Waals surface area contributed by atoms with Gasteiger partial charge in [0.25, 0.3) is 0 Å². The number of rotatable bonds is 4. The van der Waals surface area contributed by atoms with Crippen molar-refractivity contribution < 1.29 is 4.79 Å². The molecule has 2 aliphatic carbocycles. The normalized spacial score (nSPS) is 29.2. The summed E-state index contributed by atoms with van der Waals surface area (Å²) >= 11 is 0. The lowest BCUT2D eigenvalue weighted by Gasteiger charge is -2.32. The first kappa shape index (κ1) is 14.8. The summed E-state index contributed by atoms with van der Waals surface area (Å²) in [5, 5.41) is 0. The average Bonchev–Trinajstić information content (AvgIpc) is 2.46. The second kappa shape index (κ2) is 7.28. The van der Waals surface area contributed by atoms with Crippen molar-refractivity contribution in [1.29, 1.82) is 0 Å². The van der Waals surface area contributed by atoms with Crippen molar-refractivity contribution in [2.45, 2.75) is 82.7 Å². The summed E-state index contributed by atoms with van der Waals surface area (Å²) in [7, 11) is 2.01. The Kier molecular flexibility index (Phi) is 5.68. The van der Waals surface area contributed by atoms with Crippen LogP contribution in [-0.4, -0.2) is 29.9 Å². The molecule has 0 aromatic heterocycles. The summed E-state index contributed by atoms with van der Waals surface area (Å²) in [6.07, 6.45) is 12.9. The second-order valence-electron chi connectivity index (χ2n) is 6.62. The first-order valence-corrected chi connectivity index (χ1v) is 8.18. The van der Waals surface area contributed by atoms with E-state index in [1.807, 2.05) is 11.9 Å². The number of nitrogens with zero attached hydrogens (tertiary/aromatic N) is 1. The van der Waals surface area contributed by atoms with E-state index >= 15 is 0 Å². The zero-order valence-electron chi connectivity index (χ0n) is 12.4. The second-order valence-corrected chi connectivity index (χ2v) is 6.62. The summed E-state index contributed by atoms with van der Waals surface area (Å²) < 4.78 is 0. The van der Waals surface area contributed by atoms with Gasteiger partial charge in [0.05, 0.1) is 0 Å². The van der Waals surface area contributed by atoms with Crippen molar-refractivity contribution in [2.24, 2.45) is 11.7 Å². The summed E-state index contributed by atoms with van der Waals surface area (Å²) in [5.74, 6) is 1.10. The number of carbonyl (C=O) groups is 1. The van der Waals surface area contributed by atoms with Gasteiger partial charge in [0, 0.05) is 25.6 Å². The highest BCUT2D eigenvalue weighted by molar-refractivity contribution is 5.76. The Balaban J connectivity index is 1.68. The van der Waals surface area contributed by atoms with Gasteiger partial charge in [-0.2, -0.15) is 0 Å². The summed E-state index contributed by atoms with van der Waals surface area (Å²) in [6, 6.07) is 0.929. The molecule has 0 unspecified atom stereocenters. The fourth-order valence-corrected chi connectivity index (χ4v) is 3.65. The van der Waals surface area contributed by atoms with Crippen LogP contribution in [0, 0.1) is 5.92 Å². The van der Waals surface area contributed by atoms with Crippen molar-refractivity contribution in [3.05, 3.63) is 0 Å². The highest BCUT2D eigenvalue weighted by Crippen LogP contribution is 2.28. The maximum Gasteiger partial charge on any atom is 0.222 e. The molecule has 0 aromatic rings. The standard InChI is InChI=1S/C16H30N2O/c1-18(15-5-3-2-4-6-15)16(19)12-9-13-7-10-14(17)11-8-13/h13-15H,2-12,17H2,1H3. The highest BCUT2D eigenvalue weighted by Gasteiger charge is 2.24. The van der Waals surface area contributed by atoms with Crippen LogP contribution in [0.3, 0.4) is 0 Å². The minimum absolute atomic E-state index is 0.363. The van der Waals surface area contributed by atoms with Crippen LogP contribution in [0.5, 0.6) is 0 Å². The quantitative estimate of drug-likeness (QED) is 0.850. The average molecular weight is 266 g/mol. The summed E-state index contributed by atoms with van der Waals surface area (Å²) in [5.41, 5.74) is 5.92. The molecule has 110 valence electrons. The maximum absolute atomic E-state index is 12.3. The van der Waals surface area contributed by atoms with Gasteiger partial charge in [0.1, 0.15) is 0 Å². The predicted molar refractivity (Wildman–Crippen MR) is 78.8 cm³/mol. The van der Waals surface area contributed by atoms with Gasteiger partial charge in [-0.1, -0.05) is 19.3 Å².